The number of carbonyl (C=O) groups excluding carboxylic acids is 3. The molecule has 0 bridgehead atoms. The van der Waals surface area contributed by atoms with Gasteiger partial charge in [-0.05, 0) is 49.6 Å². The number of nitrogens with one attached hydrogen (secondary N) is 2. The van der Waals surface area contributed by atoms with Gasteiger partial charge in [0.05, 0.1) is 11.4 Å². The molecule has 2 aromatic rings. The third kappa shape index (κ3) is 5.15. The Morgan fingerprint density at radius 1 is 1.08 bits per heavy atom. The van der Waals surface area contributed by atoms with Gasteiger partial charge in [0.2, 0.25) is 5.91 Å². The Kier molecular flexibility index (Phi) is 6.71. The molecule has 25 heavy (non-hydrogen) atoms. The first kappa shape index (κ1) is 18.7. The Bertz CT molecular complexity index is 727. The van der Waals surface area contributed by atoms with Crippen LogP contribution in [0.25, 0.3) is 0 Å². The average Bonchev–Trinajstić information content (AvgIpc) is 3.15. The lowest BCUT2D eigenvalue weighted by Crippen LogP contribution is -2.40. The predicted molar refractivity (Wildman–Crippen MR) is 99.0 cm³/mol. The van der Waals surface area contributed by atoms with Gasteiger partial charge in [-0.3, -0.25) is 14.4 Å². The van der Waals surface area contributed by atoms with E-state index >= 15 is 0 Å². The smallest absolute Gasteiger partial charge is 0.265 e. The van der Waals surface area contributed by atoms with Crippen molar-refractivity contribution in [3.63, 3.8) is 0 Å². The molecule has 0 spiro atoms. The van der Waals surface area contributed by atoms with E-state index in [9.17, 15) is 14.4 Å². The van der Waals surface area contributed by atoms with Crippen molar-refractivity contribution in [2.45, 2.75) is 13.8 Å². The number of hydrogen-bond donors (Lipinski definition) is 2. The second-order valence-corrected chi connectivity index (χ2v) is 6.23. The minimum Gasteiger partial charge on any atom is -0.355 e. The quantitative estimate of drug-likeness (QED) is 0.798. The topological polar surface area (TPSA) is 78.5 Å². The molecule has 1 aromatic heterocycles. The molecular weight excluding hydrogens is 338 g/mol. The summed E-state index contributed by atoms with van der Waals surface area (Å²) < 4.78 is 0. The van der Waals surface area contributed by atoms with Crippen LogP contribution in [-0.2, 0) is 4.79 Å². The highest BCUT2D eigenvalue weighted by Crippen LogP contribution is 2.15. The van der Waals surface area contributed by atoms with Gasteiger partial charge in [0, 0.05) is 24.3 Å². The number of thiophene rings is 1. The molecule has 1 aromatic carbocycles. The molecule has 0 atom stereocenters. The van der Waals surface area contributed by atoms with Crippen molar-refractivity contribution in [1.82, 2.24) is 10.2 Å². The molecule has 0 aliphatic carbocycles. The summed E-state index contributed by atoms with van der Waals surface area (Å²) in [6.45, 7) is 4.65. The van der Waals surface area contributed by atoms with Crippen LogP contribution >= 0.6 is 11.3 Å². The van der Waals surface area contributed by atoms with Crippen molar-refractivity contribution in [3.05, 3.63) is 52.2 Å². The molecule has 132 valence electrons. The molecule has 0 aliphatic heterocycles. The van der Waals surface area contributed by atoms with Crippen LogP contribution in [0.1, 0.15) is 33.9 Å². The number of hydrogen-bond acceptors (Lipinski definition) is 4. The van der Waals surface area contributed by atoms with E-state index in [-0.39, 0.29) is 24.3 Å². The summed E-state index contributed by atoms with van der Waals surface area (Å²) >= 11 is 1.36. The fourth-order valence-corrected chi connectivity index (χ4v) is 2.85. The van der Waals surface area contributed by atoms with Gasteiger partial charge in [0.1, 0.15) is 0 Å². The Balaban J connectivity index is 2.01. The van der Waals surface area contributed by atoms with Crippen molar-refractivity contribution in [1.29, 1.82) is 0 Å². The van der Waals surface area contributed by atoms with E-state index < -0.39 is 0 Å². The van der Waals surface area contributed by atoms with Crippen LogP contribution in [-0.4, -0.2) is 42.3 Å². The van der Waals surface area contributed by atoms with E-state index in [1.165, 1.54) is 16.2 Å². The second kappa shape index (κ2) is 8.98. The van der Waals surface area contributed by atoms with Crippen molar-refractivity contribution in [3.8, 4) is 0 Å². The van der Waals surface area contributed by atoms with Crippen LogP contribution in [0.4, 0.5) is 5.69 Å². The summed E-state index contributed by atoms with van der Waals surface area (Å²) in [5, 5.41) is 7.30. The molecule has 7 heteroatoms. The Morgan fingerprint density at radius 2 is 1.80 bits per heavy atom. The summed E-state index contributed by atoms with van der Waals surface area (Å²) in [5.74, 6) is -0.581. The number of benzene rings is 1. The van der Waals surface area contributed by atoms with Crippen molar-refractivity contribution < 1.29 is 14.4 Å². The molecule has 2 rings (SSSR count). The van der Waals surface area contributed by atoms with Crippen LogP contribution in [0.3, 0.4) is 0 Å². The van der Waals surface area contributed by atoms with Gasteiger partial charge in [-0.1, -0.05) is 6.07 Å². The summed E-state index contributed by atoms with van der Waals surface area (Å²) in [4.78, 5) is 38.3. The van der Waals surface area contributed by atoms with Gasteiger partial charge in [-0.2, -0.15) is 0 Å². The zero-order valence-corrected chi connectivity index (χ0v) is 15.1. The largest absolute Gasteiger partial charge is 0.355 e. The fourth-order valence-electron chi connectivity index (χ4n) is 2.23. The molecular formula is C18H21N3O3S. The summed E-state index contributed by atoms with van der Waals surface area (Å²) in [6.07, 6.45) is 0. The fraction of sp³-hybridized carbons (Fsp3) is 0.278. The maximum absolute atomic E-state index is 12.5. The van der Waals surface area contributed by atoms with E-state index in [1.54, 1.807) is 30.3 Å². The zero-order chi connectivity index (χ0) is 18.2. The van der Waals surface area contributed by atoms with Crippen LogP contribution in [0.2, 0.25) is 0 Å². The van der Waals surface area contributed by atoms with Crippen LogP contribution < -0.4 is 10.6 Å². The second-order valence-electron chi connectivity index (χ2n) is 5.28. The van der Waals surface area contributed by atoms with Gasteiger partial charge in [-0.15, -0.1) is 11.3 Å². The third-order valence-electron chi connectivity index (χ3n) is 3.51. The summed E-state index contributed by atoms with van der Waals surface area (Å²) in [6, 6.07) is 10.2. The molecule has 1 heterocycles. The number of nitrogens with zero attached hydrogens (tertiary/aromatic N) is 1. The highest BCUT2D eigenvalue weighted by molar-refractivity contribution is 7.12. The van der Waals surface area contributed by atoms with E-state index in [2.05, 4.69) is 10.6 Å². The lowest BCUT2D eigenvalue weighted by Gasteiger charge is -2.20. The Labute approximate surface area is 150 Å². The molecule has 0 radical (unpaired) electrons. The van der Waals surface area contributed by atoms with Crippen molar-refractivity contribution >= 4 is 34.7 Å². The third-order valence-corrected chi connectivity index (χ3v) is 4.38. The molecule has 0 saturated carbocycles. The predicted octanol–water partition coefficient (Wildman–Crippen LogP) is 2.60. The number of likely N-dealkylation sites (N-methyl/N-ethyl adjacent to an activating group) is 2. The first-order valence-electron chi connectivity index (χ1n) is 8.06. The van der Waals surface area contributed by atoms with Crippen LogP contribution in [0.15, 0.2) is 41.8 Å². The molecule has 0 fully saturated rings. The molecule has 0 saturated heterocycles. The highest BCUT2D eigenvalue weighted by Gasteiger charge is 2.17. The zero-order valence-electron chi connectivity index (χ0n) is 14.2. The van der Waals surface area contributed by atoms with Gasteiger partial charge in [-0.25, -0.2) is 0 Å². The van der Waals surface area contributed by atoms with E-state index in [0.717, 1.165) is 0 Å². The van der Waals surface area contributed by atoms with Crippen LogP contribution in [0, 0.1) is 0 Å². The molecule has 6 nitrogen and oxygen atoms in total. The highest BCUT2D eigenvalue weighted by atomic mass is 32.1. The molecule has 2 N–H and O–H groups in total. The minimum atomic E-state index is -0.218. The van der Waals surface area contributed by atoms with Gasteiger partial charge in [0.25, 0.3) is 11.8 Å². The monoisotopic (exact) mass is 359 g/mol. The van der Waals surface area contributed by atoms with E-state index in [4.69, 9.17) is 0 Å². The van der Waals surface area contributed by atoms with Gasteiger partial charge >= 0.3 is 0 Å². The molecule has 0 aliphatic rings. The Hall–Kier alpha value is -2.67. The summed E-state index contributed by atoms with van der Waals surface area (Å²) in [5.41, 5.74) is 1.09. The number of carbonyl (C=O) groups is 3. The SMILES string of the molecule is CCNC(=O)CN(CC)C(=O)c1ccc(NC(=O)c2cccs2)cc1. The number of anilines is 1. The summed E-state index contributed by atoms with van der Waals surface area (Å²) in [7, 11) is 0. The van der Waals surface area contributed by atoms with E-state index in [1.807, 2.05) is 25.3 Å². The lowest BCUT2D eigenvalue weighted by atomic mass is 10.1. The van der Waals surface area contributed by atoms with Gasteiger partial charge in [0.15, 0.2) is 0 Å². The maximum atomic E-state index is 12.5. The van der Waals surface area contributed by atoms with E-state index in [0.29, 0.717) is 29.2 Å². The van der Waals surface area contributed by atoms with Crippen LogP contribution in [0.5, 0.6) is 0 Å². The maximum Gasteiger partial charge on any atom is 0.265 e. The van der Waals surface area contributed by atoms with Gasteiger partial charge < -0.3 is 15.5 Å². The standard InChI is InChI=1S/C18H21N3O3S/c1-3-19-16(22)12-21(4-2)18(24)13-7-9-14(10-8-13)20-17(23)15-6-5-11-25-15/h5-11H,3-4,12H2,1-2H3,(H,19,22)(H,20,23). The Morgan fingerprint density at radius 3 is 2.36 bits per heavy atom. The normalized spacial score (nSPS) is 10.2. The average molecular weight is 359 g/mol. The first-order chi connectivity index (χ1) is 12.0. The molecule has 3 amide bonds. The number of rotatable bonds is 7. The minimum absolute atomic E-state index is 0.0278. The first-order valence-corrected chi connectivity index (χ1v) is 8.94. The lowest BCUT2D eigenvalue weighted by molar-refractivity contribution is -0.121. The molecule has 0 unspecified atom stereocenters. The number of amides is 3. The van der Waals surface area contributed by atoms with Crippen molar-refractivity contribution in [2.24, 2.45) is 0 Å². The van der Waals surface area contributed by atoms with Crippen molar-refractivity contribution in [2.75, 3.05) is 25.0 Å².